The lowest BCUT2D eigenvalue weighted by Gasteiger charge is -1.99. The predicted octanol–water partition coefficient (Wildman–Crippen LogP) is 1.92. The Kier molecular flexibility index (Phi) is 3.47. The topological polar surface area (TPSA) is 76.0 Å². The number of nitrogens with zero attached hydrogens (tertiary/aromatic N) is 3. The van der Waals surface area contributed by atoms with E-state index >= 15 is 0 Å². The Bertz CT molecular complexity index is 487. The molecule has 7 heteroatoms. The van der Waals surface area contributed by atoms with Crippen LogP contribution < -0.4 is 0 Å². The fraction of sp³-hybridized carbons (Fsp3) is 0.111. The maximum Gasteiger partial charge on any atom is 0.354 e. The number of carboxylic acid groups (broad SMARTS) is 1. The minimum absolute atomic E-state index is 0.0652. The van der Waals surface area contributed by atoms with E-state index in [0.717, 1.165) is 9.90 Å². The molecule has 16 heavy (non-hydrogen) atoms. The van der Waals surface area contributed by atoms with Crippen molar-refractivity contribution < 1.29 is 9.90 Å². The van der Waals surface area contributed by atoms with Crippen molar-refractivity contribution in [1.82, 2.24) is 14.3 Å². The zero-order chi connectivity index (χ0) is 11.4. The highest BCUT2D eigenvalue weighted by molar-refractivity contribution is 8.00. The van der Waals surface area contributed by atoms with E-state index in [9.17, 15) is 4.79 Å². The molecule has 0 aliphatic heterocycles. The van der Waals surface area contributed by atoms with Gasteiger partial charge in [-0.2, -0.15) is 4.37 Å². The summed E-state index contributed by atoms with van der Waals surface area (Å²) in [6.45, 7) is 0. The van der Waals surface area contributed by atoms with Crippen LogP contribution in [-0.4, -0.2) is 25.4 Å². The van der Waals surface area contributed by atoms with Gasteiger partial charge in [-0.1, -0.05) is 11.8 Å². The number of rotatable bonds is 4. The van der Waals surface area contributed by atoms with Gasteiger partial charge in [0.05, 0.1) is 0 Å². The van der Waals surface area contributed by atoms with Crippen molar-refractivity contribution in [2.24, 2.45) is 0 Å². The first-order chi connectivity index (χ1) is 7.75. The van der Waals surface area contributed by atoms with Gasteiger partial charge in [-0.3, -0.25) is 0 Å². The zero-order valence-electron chi connectivity index (χ0n) is 8.03. The number of carbonyl (C=O) groups is 1. The molecule has 0 aliphatic rings. The Morgan fingerprint density at radius 2 is 2.38 bits per heavy atom. The van der Waals surface area contributed by atoms with E-state index in [0.29, 0.717) is 5.75 Å². The zero-order valence-corrected chi connectivity index (χ0v) is 9.66. The molecule has 0 atom stereocenters. The van der Waals surface area contributed by atoms with Gasteiger partial charge in [-0.05, 0) is 29.2 Å². The first-order valence-corrected chi connectivity index (χ1v) is 6.09. The summed E-state index contributed by atoms with van der Waals surface area (Å²) in [6, 6.07) is 3.36. The van der Waals surface area contributed by atoms with Gasteiger partial charge < -0.3 is 5.11 Å². The van der Waals surface area contributed by atoms with Gasteiger partial charge in [-0.25, -0.2) is 14.8 Å². The summed E-state index contributed by atoms with van der Waals surface area (Å²) in [4.78, 5) is 18.5. The Balaban J connectivity index is 2.04. The fourth-order valence-electron chi connectivity index (χ4n) is 1.05. The molecule has 1 N–H and O–H groups in total. The average molecular weight is 253 g/mol. The van der Waals surface area contributed by atoms with Crippen LogP contribution in [0.25, 0.3) is 0 Å². The summed E-state index contributed by atoms with van der Waals surface area (Å²) in [6.07, 6.45) is 3.00. The summed E-state index contributed by atoms with van der Waals surface area (Å²) in [5.41, 5.74) is 0.975. The normalized spacial score (nSPS) is 10.2. The SMILES string of the molecule is O=C(O)c1cc(CSc2ncns2)ccn1. The maximum atomic E-state index is 10.7. The number of carboxylic acids is 1. The summed E-state index contributed by atoms with van der Waals surface area (Å²) in [5.74, 6) is -0.347. The first-order valence-electron chi connectivity index (χ1n) is 4.33. The van der Waals surface area contributed by atoms with Crippen LogP contribution in [0.4, 0.5) is 0 Å². The lowest BCUT2D eigenvalue weighted by atomic mass is 10.2. The van der Waals surface area contributed by atoms with Crippen LogP contribution in [0.5, 0.6) is 0 Å². The van der Waals surface area contributed by atoms with E-state index < -0.39 is 5.97 Å². The van der Waals surface area contributed by atoms with Gasteiger partial charge in [-0.15, -0.1) is 0 Å². The third kappa shape index (κ3) is 2.77. The molecule has 0 amide bonds. The number of hydrogen-bond donors (Lipinski definition) is 1. The largest absolute Gasteiger partial charge is 0.477 e. The van der Waals surface area contributed by atoms with Gasteiger partial charge in [0.1, 0.15) is 12.0 Å². The highest BCUT2D eigenvalue weighted by Crippen LogP contribution is 2.22. The predicted molar refractivity (Wildman–Crippen MR) is 60.7 cm³/mol. The van der Waals surface area contributed by atoms with Crippen molar-refractivity contribution in [2.75, 3.05) is 0 Å². The Hall–Kier alpha value is -1.47. The van der Waals surface area contributed by atoms with E-state index in [4.69, 9.17) is 5.11 Å². The van der Waals surface area contributed by atoms with Crippen molar-refractivity contribution >= 4 is 29.3 Å². The molecule has 0 bridgehead atoms. The molecule has 2 heterocycles. The monoisotopic (exact) mass is 253 g/mol. The third-order valence-electron chi connectivity index (χ3n) is 1.75. The van der Waals surface area contributed by atoms with Crippen molar-refractivity contribution in [2.45, 2.75) is 10.1 Å². The van der Waals surface area contributed by atoms with E-state index in [1.54, 1.807) is 12.1 Å². The minimum Gasteiger partial charge on any atom is -0.477 e. The smallest absolute Gasteiger partial charge is 0.354 e. The van der Waals surface area contributed by atoms with Crippen LogP contribution >= 0.6 is 23.3 Å². The number of aromatic nitrogens is 3. The van der Waals surface area contributed by atoms with Gasteiger partial charge in [0.25, 0.3) is 0 Å². The van der Waals surface area contributed by atoms with E-state index in [2.05, 4.69) is 14.3 Å². The third-order valence-corrected chi connectivity index (χ3v) is 3.62. The molecule has 0 unspecified atom stereocenters. The van der Waals surface area contributed by atoms with E-state index in [-0.39, 0.29) is 5.69 Å². The second-order valence-electron chi connectivity index (χ2n) is 2.85. The molecule has 0 fully saturated rings. The average Bonchev–Trinajstić information content (AvgIpc) is 2.79. The molecular formula is C9H7N3O2S2. The molecule has 0 spiro atoms. The summed E-state index contributed by atoms with van der Waals surface area (Å²) in [5, 5.41) is 8.77. The molecule has 82 valence electrons. The Morgan fingerprint density at radius 1 is 1.50 bits per heavy atom. The van der Waals surface area contributed by atoms with Crippen molar-refractivity contribution in [3.63, 3.8) is 0 Å². The second kappa shape index (κ2) is 5.04. The minimum atomic E-state index is -1.01. The molecule has 0 aliphatic carbocycles. The molecule has 0 saturated heterocycles. The molecule has 2 rings (SSSR count). The van der Waals surface area contributed by atoms with Gasteiger partial charge >= 0.3 is 5.97 Å². The van der Waals surface area contributed by atoms with Crippen LogP contribution in [0.1, 0.15) is 16.1 Å². The highest BCUT2D eigenvalue weighted by atomic mass is 32.2. The highest BCUT2D eigenvalue weighted by Gasteiger charge is 2.05. The lowest BCUT2D eigenvalue weighted by Crippen LogP contribution is -2.00. The second-order valence-corrected chi connectivity index (χ2v) is 4.85. The van der Waals surface area contributed by atoms with Gasteiger partial charge in [0, 0.05) is 11.9 Å². The summed E-state index contributed by atoms with van der Waals surface area (Å²) in [7, 11) is 0. The van der Waals surface area contributed by atoms with E-state index in [1.165, 1.54) is 35.8 Å². The first kappa shape index (κ1) is 11.0. The number of hydrogen-bond acceptors (Lipinski definition) is 6. The Morgan fingerprint density at radius 3 is 3.06 bits per heavy atom. The summed E-state index contributed by atoms with van der Waals surface area (Å²) < 4.78 is 4.75. The molecular weight excluding hydrogens is 246 g/mol. The van der Waals surface area contributed by atoms with E-state index in [1.807, 2.05) is 0 Å². The molecule has 0 saturated carbocycles. The van der Waals surface area contributed by atoms with Crippen LogP contribution in [-0.2, 0) is 5.75 Å². The van der Waals surface area contributed by atoms with Crippen LogP contribution in [0.3, 0.4) is 0 Å². The van der Waals surface area contributed by atoms with Crippen LogP contribution in [0.2, 0.25) is 0 Å². The maximum absolute atomic E-state index is 10.7. The molecule has 0 aromatic carbocycles. The molecule has 5 nitrogen and oxygen atoms in total. The fourth-order valence-corrected chi connectivity index (χ4v) is 2.44. The molecule has 2 aromatic rings. The summed E-state index contributed by atoms with van der Waals surface area (Å²) >= 11 is 2.85. The number of aromatic carboxylic acids is 1. The van der Waals surface area contributed by atoms with Crippen molar-refractivity contribution in [1.29, 1.82) is 0 Å². The quantitative estimate of drug-likeness (QED) is 0.839. The molecule has 0 radical (unpaired) electrons. The van der Waals surface area contributed by atoms with Crippen molar-refractivity contribution in [3.8, 4) is 0 Å². The molecule has 2 aromatic heterocycles. The lowest BCUT2D eigenvalue weighted by molar-refractivity contribution is 0.0690. The van der Waals surface area contributed by atoms with Crippen LogP contribution in [0.15, 0.2) is 29.0 Å². The van der Waals surface area contributed by atoms with Gasteiger partial charge in [0.2, 0.25) is 0 Å². The van der Waals surface area contributed by atoms with Gasteiger partial charge in [0.15, 0.2) is 4.34 Å². The van der Waals surface area contributed by atoms with Crippen molar-refractivity contribution in [3.05, 3.63) is 35.9 Å². The Labute approximate surface area is 99.7 Å². The number of pyridine rings is 1. The standard InChI is InChI=1S/C9H7N3O2S2/c13-8(14)7-3-6(1-2-10-7)4-15-9-11-5-12-16-9/h1-3,5H,4H2,(H,13,14). The number of thioether (sulfide) groups is 1. The van der Waals surface area contributed by atoms with Crippen LogP contribution in [0, 0.1) is 0 Å².